The highest BCUT2D eigenvalue weighted by Crippen LogP contribution is 2.36. The molecule has 3 aromatic rings. The molecule has 0 saturated carbocycles. The van der Waals surface area contributed by atoms with Gasteiger partial charge in [0.05, 0.1) is 5.69 Å². The van der Waals surface area contributed by atoms with Gasteiger partial charge in [0.1, 0.15) is 12.7 Å². The molecule has 0 aliphatic rings. The van der Waals surface area contributed by atoms with E-state index in [-0.39, 0.29) is 17.4 Å². The molecule has 0 fully saturated rings. The van der Waals surface area contributed by atoms with E-state index in [9.17, 15) is 13.2 Å². The van der Waals surface area contributed by atoms with E-state index in [1.807, 2.05) is 0 Å². The average molecular weight is 336 g/mol. The van der Waals surface area contributed by atoms with Crippen LogP contribution in [0.5, 0.6) is 5.88 Å². The molecule has 0 aliphatic heterocycles. The summed E-state index contributed by atoms with van der Waals surface area (Å²) in [4.78, 5) is 11.0. The lowest BCUT2D eigenvalue weighted by Crippen LogP contribution is -2.26. The van der Waals surface area contributed by atoms with Gasteiger partial charge in [-0.15, -0.1) is 0 Å². The fourth-order valence-electron chi connectivity index (χ4n) is 2.01. The van der Waals surface area contributed by atoms with Crippen LogP contribution < -0.4 is 10.5 Å². The van der Waals surface area contributed by atoms with Gasteiger partial charge >= 0.3 is 6.18 Å². The fourth-order valence-corrected chi connectivity index (χ4v) is 2.01. The second-order valence-electron chi connectivity index (χ2n) is 4.72. The molecule has 7 nitrogen and oxygen atoms in total. The smallest absolute Gasteiger partial charge is 0.429 e. The van der Waals surface area contributed by atoms with Crippen molar-refractivity contribution in [2.75, 3.05) is 5.73 Å². The van der Waals surface area contributed by atoms with Gasteiger partial charge in [-0.3, -0.25) is 0 Å². The number of hydrogen-bond acceptors (Lipinski definition) is 6. The van der Waals surface area contributed by atoms with Gasteiger partial charge in [0.15, 0.2) is 0 Å². The Morgan fingerprint density at radius 1 is 1.12 bits per heavy atom. The lowest BCUT2D eigenvalue weighted by Gasteiger charge is -2.21. The average Bonchev–Trinajstić information content (AvgIpc) is 3.06. The van der Waals surface area contributed by atoms with Crippen LogP contribution in [0.1, 0.15) is 11.7 Å². The second kappa shape index (κ2) is 6.14. The Morgan fingerprint density at radius 2 is 1.88 bits per heavy atom. The number of alkyl halides is 3. The number of nitrogen functional groups attached to an aromatic ring is 1. The number of rotatable bonds is 4. The van der Waals surface area contributed by atoms with E-state index in [1.165, 1.54) is 53.9 Å². The molecule has 0 spiro atoms. The van der Waals surface area contributed by atoms with Gasteiger partial charge in [0.2, 0.25) is 17.9 Å². The standard InChI is InChI=1S/C14H11F3N6O/c15-14(16,17)12(24-11-5-6-20-13(18)22-11)9-1-3-10(4-2-9)23-8-19-7-21-23/h1-8,12H,(H2,18,20,22). The van der Waals surface area contributed by atoms with Gasteiger partial charge < -0.3 is 10.5 Å². The van der Waals surface area contributed by atoms with Crippen LogP contribution >= 0.6 is 0 Å². The van der Waals surface area contributed by atoms with Crippen LogP contribution in [0.25, 0.3) is 5.69 Å². The summed E-state index contributed by atoms with van der Waals surface area (Å²) in [5, 5.41) is 3.91. The van der Waals surface area contributed by atoms with Crippen LogP contribution in [-0.2, 0) is 0 Å². The summed E-state index contributed by atoms with van der Waals surface area (Å²) >= 11 is 0. The normalized spacial score (nSPS) is 12.8. The maximum absolute atomic E-state index is 13.3. The maximum Gasteiger partial charge on any atom is 0.429 e. The first-order valence-corrected chi connectivity index (χ1v) is 6.70. The predicted molar refractivity (Wildman–Crippen MR) is 77.2 cm³/mol. The summed E-state index contributed by atoms with van der Waals surface area (Å²) in [5.74, 6) is -0.430. The molecule has 2 heterocycles. The van der Waals surface area contributed by atoms with E-state index < -0.39 is 12.3 Å². The molecular formula is C14H11F3N6O. The fraction of sp³-hybridized carbons (Fsp3) is 0.143. The van der Waals surface area contributed by atoms with E-state index in [4.69, 9.17) is 10.5 Å². The molecule has 3 rings (SSSR count). The number of halogens is 3. The van der Waals surface area contributed by atoms with Gasteiger partial charge in [-0.2, -0.15) is 23.3 Å². The van der Waals surface area contributed by atoms with Crippen LogP contribution in [0.3, 0.4) is 0 Å². The molecule has 1 unspecified atom stereocenters. The lowest BCUT2D eigenvalue weighted by molar-refractivity contribution is -0.198. The summed E-state index contributed by atoms with van der Waals surface area (Å²) in [6.45, 7) is 0. The summed E-state index contributed by atoms with van der Waals surface area (Å²) in [7, 11) is 0. The van der Waals surface area contributed by atoms with Gasteiger partial charge in [-0.1, -0.05) is 12.1 Å². The maximum atomic E-state index is 13.3. The molecule has 0 aliphatic carbocycles. The Hall–Kier alpha value is -3.17. The van der Waals surface area contributed by atoms with Crippen molar-refractivity contribution in [2.24, 2.45) is 0 Å². The van der Waals surface area contributed by atoms with Crippen LogP contribution in [0.15, 0.2) is 49.2 Å². The van der Waals surface area contributed by atoms with Crippen LogP contribution in [0, 0.1) is 0 Å². The van der Waals surface area contributed by atoms with Crippen molar-refractivity contribution in [3.8, 4) is 11.6 Å². The Labute approximate surface area is 133 Å². The Kier molecular flexibility index (Phi) is 4.02. The third kappa shape index (κ3) is 3.42. The molecule has 0 radical (unpaired) electrons. The van der Waals surface area contributed by atoms with E-state index in [0.29, 0.717) is 5.69 Å². The quantitative estimate of drug-likeness (QED) is 0.786. The van der Waals surface area contributed by atoms with E-state index in [1.54, 1.807) is 0 Å². The zero-order valence-electron chi connectivity index (χ0n) is 12.1. The van der Waals surface area contributed by atoms with Gasteiger partial charge in [0.25, 0.3) is 0 Å². The molecule has 24 heavy (non-hydrogen) atoms. The first-order chi connectivity index (χ1) is 11.4. The number of nitrogens with two attached hydrogens (primary N) is 1. The molecule has 10 heteroatoms. The van der Waals surface area contributed by atoms with E-state index >= 15 is 0 Å². The summed E-state index contributed by atoms with van der Waals surface area (Å²) in [6.07, 6.45) is -2.82. The van der Waals surface area contributed by atoms with Crippen LogP contribution in [-0.4, -0.2) is 30.9 Å². The molecule has 1 atom stereocenters. The van der Waals surface area contributed by atoms with Crippen molar-refractivity contribution in [3.05, 3.63) is 54.7 Å². The summed E-state index contributed by atoms with van der Waals surface area (Å²) < 4.78 is 46.4. The van der Waals surface area contributed by atoms with Gasteiger partial charge in [0, 0.05) is 17.8 Å². The van der Waals surface area contributed by atoms with Crippen molar-refractivity contribution in [3.63, 3.8) is 0 Å². The minimum Gasteiger partial charge on any atom is -0.460 e. The molecule has 2 aromatic heterocycles. The number of aromatic nitrogens is 5. The minimum absolute atomic E-state index is 0.0800. The van der Waals surface area contributed by atoms with Crippen molar-refractivity contribution in [1.29, 1.82) is 0 Å². The molecule has 2 N–H and O–H groups in total. The Morgan fingerprint density at radius 3 is 2.46 bits per heavy atom. The molecule has 0 bridgehead atoms. The molecule has 124 valence electrons. The highest BCUT2D eigenvalue weighted by atomic mass is 19.4. The number of ether oxygens (including phenoxy) is 1. The number of anilines is 1. The largest absolute Gasteiger partial charge is 0.460 e. The molecular weight excluding hydrogens is 325 g/mol. The van der Waals surface area contributed by atoms with Gasteiger partial charge in [-0.05, 0) is 12.1 Å². The van der Waals surface area contributed by atoms with Crippen LogP contribution in [0.4, 0.5) is 19.1 Å². The Balaban J connectivity index is 1.89. The lowest BCUT2D eigenvalue weighted by atomic mass is 10.1. The summed E-state index contributed by atoms with van der Waals surface area (Å²) in [6, 6.07) is 6.79. The number of hydrogen-bond donors (Lipinski definition) is 1. The third-order valence-electron chi connectivity index (χ3n) is 3.06. The van der Waals surface area contributed by atoms with Crippen molar-refractivity contribution in [1.82, 2.24) is 24.7 Å². The molecule has 0 amide bonds. The van der Waals surface area contributed by atoms with Crippen molar-refractivity contribution in [2.45, 2.75) is 12.3 Å². The molecule has 1 aromatic carbocycles. The summed E-state index contributed by atoms with van der Waals surface area (Å²) in [5.41, 5.74) is 5.85. The SMILES string of the molecule is Nc1nccc(OC(c2ccc(-n3cncn3)cc2)C(F)(F)F)n1. The Bertz CT molecular complexity index is 804. The minimum atomic E-state index is -4.63. The van der Waals surface area contributed by atoms with E-state index in [0.717, 1.165) is 0 Å². The topological polar surface area (TPSA) is 91.7 Å². The number of benzene rings is 1. The second-order valence-corrected chi connectivity index (χ2v) is 4.72. The monoisotopic (exact) mass is 336 g/mol. The zero-order chi connectivity index (χ0) is 17.2. The van der Waals surface area contributed by atoms with E-state index in [2.05, 4.69) is 20.1 Å². The zero-order valence-corrected chi connectivity index (χ0v) is 12.1. The van der Waals surface area contributed by atoms with Crippen molar-refractivity contribution < 1.29 is 17.9 Å². The molecule has 0 saturated heterocycles. The highest BCUT2D eigenvalue weighted by molar-refractivity contribution is 5.35. The number of nitrogens with zero attached hydrogens (tertiary/aromatic N) is 5. The highest BCUT2D eigenvalue weighted by Gasteiger charge is 2.43. The first-order valence-electron chi connectivity index (χ1n) is 6.70. The van der Waals surface area contributed by atoms with Crippen LogP contribution in [0.2, 0.25) is 0 Å². The van der Waals surface area contributed by atoms with Crippen molar-refractivity contribution >= 4 is 5.95 Å². The van der Waals surface area contributed by atoms with Gasteiger partial charge in [-0.25, -0.2) is 14.6 Å². The first kappa shape index (κ1) is 15.7. The third-order valence-corrected chi connectivity index (χ3v) is 3.06. The predicted octanol–water partition coefficient (Wildman–Crippen LogP) is 2.32.